The van der Waals surface area contributed by atoms with Gasteiger partial charge in [-0.1, -0.05) is 36.4 Å². The summed E-state index contributed by atoms with van der Waals surface area (Å²) < 4.78 is 0. The Morgan fingerprint density at radius 1 is 1.40 bits per heavy atom. The summed E-state index contributed by atoms with van der Waals surface area (Å²) in [4.78, 5) is 10.2. The molecule has 80 valence electrons. The fourth-order valence-corrected chi connectivity index (χ4v) is 1.28. The largest absolute Gasteiger partial charge is 0.478 e. The van der Waals surface area contributed by atoms with Gasteiger partial charge in [-0.05, 0) is 18.4 Å². The Balaban J connectivity index is 2.34. The average Bonchev–Trinajstić information content (AvgIpc) is 2.25. The van der Waals surface area contributed by atoms with E-state index in [2.05, 4.69) is 0 Å². The van der Waals surface area contributed by atoms with Crippen molar-refractivity contribution in [2.75, 3.05) is 0 Å². The summed E-state index contributed by atoms with van der Waals surface area (Å²) in [5, 5.41) is 8.41. The van der Waals surface area contributed by atoms with Crippen LogP contribution < -0.4 is 5.73 Å². The number of benzene rings is 1. The van der Waals surface area contributed by atoms with E-state index in [0.29, 0.717) is 0 Å². The number of rotatable bonds is 5. The van der Waals surface area contributed by atoms with Gasteiger partial charge in [0.2, 0.25) is 0 Å². The molecule has 0 radical (unpaired) electrons. The highest BCUT2D eigenvalue weighted by Gasteiger charge is 1.99. The minimum Gasteiger partial charge on any atom is -0.478 e. The van der Waals surface area contributed by atoms with E-state index in [9.17, 15) is 4.79 Å². The van der Waals surface area contributed by atoms with E-state index in [4.69, 9.17) is 10.8 Å². The van der Waals surface area contributed by atoms with Crippen LogP contribution >= 0.6 is 0 Å². The van der Waals surface area contributed by atoms with Crippen molar-refractivity contribution in [1.29, 1.82) is 0 Å². The molecule has 0 bridgehead atoms. The molecule has 1 aromatic carbocycles. The Bertz CT molecular complexity index is 333. The minimum atomic E-state index is -0.954. The molecule has 0 spiro atoms. The van der Waals surface area contributed by atoms with Crippen LogP contribution in [-0.4, -0.2) is 17.1 Å². The molecule has 0 fully saturated rings. The predicted octanol–water partition coefficient (Wildman–Crippen LogP) is 1.59. The van der Waals surface area contributed by atoms with Gasteiger partial charge in [0.25, 0.3) is 0 Å². The summed E-state index contributed by atoms with van der Waals surface area (Å²) in [6.45, 7) is 0. The number of aliphatic carboxylic acids is 1. The highest BCUT2D eigenvalue weighted by atomic mass is 16.4. The van der Waals surface area contributed by atoms with Crippen molar-refractivity contribution >= 4 is 5.97 Å². The molecule has 0 saturated heterocycles. The molecular formula is C12H15NO2. The fourth-order valence-electron chi connectivity index (χ4n) is 1.28. The summed E-state index contributed by atoms with van der Waals surface area (Å²) >= 11 is 0. The zero-order valence-electron chi connectivity index (χ0n) is 8.47. The van der Waals surface area contributed by atoms with E-state index >= 15 is 0 Å². The molecule has 0 aliphatic carbocycles. The van der Waals surface area contributed by atoms with Crippen LogP contribution in [-0.2, 0) is 11.2 Å². The maximum Gasteiger partial charge on any atom is 0.328 e. The van der Waals surface area contributed by atoms with Gasteiger partial charge in [0.1, 0.15) is 0 Å². The molecule has 3 nitrogen and oxygen atoms in total. The van der Waals surface area contributed by atoms with Crippen LogP contribution in [0.3, 0.4) is 0 Å². The Morgan fingerprint density at radius 3 is 2.67 bits per heavy atom. The van der Waals surface area contributed by atoms with Gasteiger partial charge in [-0.15, -0.1) is 0 Å². The second-order valence-corrected chi connectivity index (χ2v) is 3.39. The molecule has 1 unspecified atom stereocenters. The number of carbonyl (C=O) groups is 1. The maximum atomic E-state index is 10.2. The van der Waals surface area contributed by atoms with E-state index in [0.717, 1.165) is 18.9 Å². The van der Waals surface area contributed by atoms with Crippen LogP contribution in [0, 0.1) is 0 Å². The van der Waals surface area contributed by atoms with Crippen LogP contribution in [0.25, 0.3) is 0 Å². The second-order valence-electron chi connectivity index (χ2n) is 3.39. The first kappa shape index (κ1) is 11.5. The molecule has 3 N–H and O–H groups in total. The lowest BCUT2D eigenvalue weighted by Crippen LogP contribution is -2.18. The van der Waals surface area contributed by atoms with Crippen LogP contribution in [0.2, 0.25) is 0 Å². The highest BCUT2D eigenvalue weighted by molar-refractivity contribution is 5.79. The third-order valence-corrected chi connectivity index (χ3v) is 2.10. The number of hydrogen-bond acceptors (Lipinski definition) is 2. The highest BCUT2D eigenvalue weighted by Crippen LogP contribution is 2.04. The van der Waals surface area contributed by atoms with Gasteiger partial charge in [-0.25, -0.2) is 4.79 Å². The lowest BCUT2D eigenvalue weighted by Gasteiger charge is -2.05. The summed E-state index contributed by atoms with van der Waals surface area (Å²) in [7, 11) is 0. The zero-order valence-corrected chi connectivity index (χ0v) is 8.47. The first-order chi connectivity index (χ1) is 7.18. The molecule has 0 saturated carbocycles. The molecule has 1 aromatic rings. The van der Waals surface area contributed by atoms with Crippen molar-refractivity contribution in [3.05, 3.63) is 48.0 Å². The van der Waals surface area contributed by atoms with Crippen molar-refractivity contribution in [1.82, 2.24) is 0 Å². The number of nitrogens with two attached hydrogens (primary N) is 1. The minimum absolute atomic E-state index is 0.193. The molecule has 3 heteroatoms. The van der Waals surface area contributed by atoms with Gasteiger partial charge in [-0.2, -0.15) is 0 Å². The third-order valence-electron chi connectivity index (χ3n) is 2.10. The van der Waals surface area contributed by atoms with Crippen LogP contribution in [0.5, 0.6) is 0 Å². The SMILES string of the molecule is NC(C=CC(=O)O)CCc1ccccc1. The van der Waals surface area contributed by atoms with E-state index in [1.54, 1.807) is 0 Å². The topological polar surface area (TPSA) is 63.3 Å². The monoisotopic (exact) mass is 205 g/mol. The number of aryl methyl sites for hydroxylation is 1. The molecular weight excluding hydrogens is 190 g/mol. The summed E-state index contributed by atoms with van der Waals surface area (Å²) in [6, 6.07) is 9.80. The van der Waals surface area contributed by atoms with E-state index in [-0.39, 0.29) is 6.04 Å². The summed E-state index contributed by atoms with van der Waals surface area (Å²) in [5.74, 6) is -0.954. The predicted molar refractivity (Wildman–Crippen MR) is 59.5 cm³/mol. The average molecular weight is 205 g/mol. The molecule has 0 aliphatic heterocycles. The standard InChI is InChI=1S/C12H15NO2/c13-11(8-9-12(14)15)7-6-10-4-2-1-3-5-10/h1-5,8-9,11H,6-7,13H2,(H,14,15). The molecule has 0 aliphatic rings. The van der Waals surface area contributed by atoms with Crippen molar-refractivity contribution in [2.24, 2.45) is 5.73 Å². The van der Waals surface area contributed by atoms with E-state index in [1.165, 1.54) is 11.6 Å². The van der Waals surface area contributed by atoms with Gasteiger partial charge in [0, 0.05) is 12.1 Å². The maximum absolute atomic E-state index is 10.2. The molecule has 0 heterocycles. The van der Waals surface area contributed by atoms with E-state index in [1.807, 2.05) is 30.3 Å². The van der Waals surface area contributed by atoms with Gasteiger partial charge in [0.05, 0.1) is 0 Å². The van der Waals surface area contributed by atoms with Crippen molar-refractivity contribution in [3.63, 3.8) is 0 Å². The Morgan fingerprint density at radius 2 is 2.07 bits per heavy atom. The Labute approximate surface area is 89.2 Å². The molecule has 1 atom stereocenters. The first-order valence-corrected chi connectivity index (χ1v) is 4.89. The quantitative estimate of drug-likeness (QED) is 0.717. The Hall–Kier alpha value is -1.61. The van der Waals surface area contributed by atoms with Gasteiger partial charge in [-0.3, -0.25) is 0 Å². The van der Waals surface area contributed by atoms with Crippen LogP contribution in [0.15, 0.2) is 42.5 Å². The van der Waals surface area contributed by atoms with Crippen molar-refractivity contribution < 1.29 is 9.90 Å². The molecule has 15 heavy (non-hydrogen) atoms. The normalized spacial score (nSPS) is 12.9. The number of carboxylic acid groups (broad SMARTS) is 1. The van der Waals surface area contributed by atoms with Gasteiger partial charge in [0.15, 0.2) is 0 Å². The molecule has 0 amide bonds. The number of carboxylic acids is 1. The zero-order chi connectivity index (χ0) is 11.1. The van der Waals surface area contributed by atoms with Crippen molar-refractivity contribution in [2.45, 2.75) is 18.9 Å². The van der Waals surface area contributed by atoms with Gasteiger partial charge >= 0.3 is 5.97 Å². The summed E-state index contributed by atoms with van der Waals surface area (Å²) in [6.07, 6.45) is 4.24. The lowest BCUT2D eigenvalue weighted by molar-refractivity contribution is -0.131. The van der Waals surface area contributed by atoms with Crippen LogP contribution in [0.1, 0.15) is 12.0 Å². The smallest absolute Gasteiger partial charge is 0.328 e. The van der Waals surface area contributed by atoms with Crippen LogP contribution in [0.4, 0.5) is 0 Å². The van der Waals surface area contributed by atoms with Crippen molar-refractivity contribution in [3.8, 4) is 0 Å². The lowest BCUT2D eigenvalue weighted by atomic mass is 10.1. The first-order valence-electron chi connectivity index (χ1n) is 4.89. The van der Waals surface area contributed by atoms with E-state index < -0.39 is 5.97 Å². The molecule has 1 rings (SSSR count). The second kappa shape index (κ2) is 5.98. The summed E-state index contributed by atoms with van der Waals surface area (Å²) in [5.41, 5.74) is 6.94. The van der Waals surface area contributed by atoms with Gasteiger partial charge < -0.3 is 10.8 Å². The third kappa shape index (κ3) is 4.98. The Kier molecular flexibility index (Phi) is 4.57. The molecule has 0 aromatic heterocycles. The number of hydrogen-bond donors (Lipinski definition) is 2. The fraction of sp³-hybridized carbons (Fsp3) is 0.250.